The lowest BCUT2D eigenvalue weighted by Gasteiger charge is -2.14. The zero-order chi connectivity index (χ0) is 14.7. The van der Waals surface area contributed by atoms with Gasteiger partial charge in [0, 0.05) is 10.0 Å². The van der Waals surface area contributed by atoms with Gasteiger partial charge in [0.05, 0.1) is 4.83 Å². The lowest BCUT2D eigenvalue weighted by molar-refractivity contribution is 0.612. The molecule has 0 aliphatic carbocycles. The number of hydrogen-bond donors (Lipinski definition) is 0. The first-order valence-electron chi connectivity index (χ1n) is 6.66. The molecule has 0 saturated carbocycles. The molecule has 0 fully saturated rings. The minimum absolute atomic E-state index is 0.147. The molecule has 106 valence electrons. The van der Waals surface area contributed by atoms with Crippen LogP contribution in [0.5, 0.6) is 0 Å². The Balaban J connectivity index is 2.27. The second kappa shape index (κ2) is 6.86. The van der Waals surface area contributed by atoms with Crippen LogP contribution < -0.4 is 0 Å². The van der Waals surface area contributed by atoms with Gasteiger partial charge in [-0.05, 0) is 35.6 Å². The van der Waals surface area contributed by atoms with E-state index in [1.165, 1.54) is 11.6 Å². The summed E-state index contributed by atoms with van der Waals surface area (Å²) in [5.74, 6) is 0.439. The molecule has 0 heterocycles. The first kappa shape index (κ1) is 15.7. The van der Waals surface area contributed by atoms with E-state index >= 15 is 0 Å². The van der Waals surface area contributed by atoms with Crippen molar-refractivity contribution in [3.63, 3.8) is 0 Å². The molecule has 2 aromatic carbocycles. The van der Waals surface area contributed by atoms with E-state index in [4.69, 9.17) is 0 Å². The lowest BCUT2D eigenvalue weighted by Crippen LogP contribution is -1.99. The van der Waals surface area contributed by atoms with Crippen molar-refractivity contribution >= 4 is 31.9 Å². The van der Waals surface area contributed by atoms with Crippen LogP contribution in [0, 0.1) is 11.7 Å². The van der Waals surface area contributed by atoms with Crippen LogP contribution in [-0.4, -0.2) is 0 Å². The van der Waals surface area contributed by atoms with Crippen LogP contribution in [-0.2, 0) is 6.42 Å². The molecule has 0 saturated heterocycles. The summed E-state index contributed by atoms with van der Waals surface area (Å²) >= 11 is 7.02. The maximum absolute atomic E-state index is 14.0. The number of alkyl halides is 1. The van der Waals surface area contributed by atoms with Gasteiger partial charge in [0.1, 0.15) is 5.82 Å². The third-order valence-corrected chi connectivity index (χ3v) is 4.85. The average Bonchev–Trinajstić information content (AvgIpc) is 2.38. The highest BCUT2D eigenvalue weighted by atomic mass is 79.9. The van der Waals surface area contributed by atoms with Crippen LogP contribution in [0.1, 0.15) is 35.4 Å². The van der Waals surface area contributed by atoms with E-state index in [1.807, 2.05) is 6.07 Å². The summed E-state index contributed by atoms with van der Waals surface area (Å²) in [5, 5.41) is 0. The number of benzene rings is 2. The van der Waals surface area contributed by atoms with Crippen molar-refractivity contribution in [2.24, 2.45) is 5.92 Å². The van der Waals surface area contributed by atoms with E-state index in [0.29, 0.717) is 11.5 Å². The Morgan fingerprint density at radius 1 is 1.05 bits per heavy atom. The molecule has 1 unspecified atom stereocenters. The molecule has 2 aromatic rings. The fourth-order valence-electron chi connectivity index (χ4n) is 2.21. The van der Waals surface area contributed by atoms with E-state index in [9.17, 15) is 4.39 Å². The SMILES string of the molecule is CC(C)Cc1ccc(C(Br)c2c(F)cccc2Br)cc1. The summed E-state index contributed by atoms with van der Waals surface area (Å²) in [6, 6.07) is 13.4. The minimum atomic E-state index is -0.201. The summed E-state index contributed by atoms with van der Waals surface area (Å²) in [7, 11) is 0. The quantitative estimate of drug-likeness (QED) is 0.531. The molecule has 0 aliphatic heterocycles. The van der Waals surface area contributed by atoms with Gasteiger partial charge < -0.3 is 0 Å². The Morgan fingerprint density at radius 2 is 1.70 bits per heavy atom. The van der Waals surface area contributed by atoms with Crippen LogP contribution in [0.3, 0.4) is 0 Å². The third kappa shape index (κ3) is 3.70. The second-order valence-electron chi connectivity index (χ2n) is 5.34. The summed E-state index contributed by atoms with van der Waals surface area (Å²) in [5.41, 5.74) is 3.02. The van der Waals surface area contributed by atoms with Gasteiger partial charge in [-0.3, -0.25) is 0 Å². The predicted octanol–water partition coefficient (Wildman–Crippen LogP) is 6.27. The maximum Gasteiger partial charge on any atom is 0.129 e. The highest BCUT2D eigenvalue weighted by Crippen LogP contribution is 2.37. The van der Waals surface area contributed by atoms with Crippen LogP contribution in [0.25, 0.3) is 0 Å². The van der Waals surface area contributed by atoms with Gasteiger partial charge >= 0.3 is 0 Å². The van der Waals surface area contributed by atoms with Crippen molar-refractivity contribution in [2.75, 3.05) is 0 Å². The van der Waals surface area contributed by atoms with Crippen molar-refractivity contribution in [3.8, 4) is 0 Å². The Hall–Kier alpha value is -0.670. The van der Waals surface area contributed by atoms with Gasteiger partial charge in [0.2, 0.25) is 0 Å². The Kier molecular flexibility index (Phi) is 5.39. The second-order valence-corrected chi connectivity index (χ2v) is 7.11. The van der Waals surface area contributed by atoms with Crippen molar-refractivity contribution in [3.05, 3.63) is 69.4 Å². The molecular formula is C17H17Br2F. The molecule has 0 nitrogen and oxygen atoms in total. The van der Waals surface area contributed by atoms with Crippen molar-refractivity contribution < 1.29 is 4.39 Å². The zero-order valence-electron chi connectivity index (χ0n) is 11.5. The number of halogens is 3. The highest BCUT2D eigenvalue weighted by molar-refractivity contribution is 9.11. The molecule has 0 aromatic heterocycles. The standard InChI is InChI=1S/C17H17Br2F/c1-11(2)10-12-6-8-13(9-7-12)17(19)16-14(18)4-3-5-15(16)20/h3-9,11,17H,10H2,1-2H3. The van der Waals surface area contributed by atoms with Gasteiger partial charge in [0.25, 0.3) is 0 Å². The van der Waals surface area contributed by atoms with Crippen LogP contribution in [0.4, 0.5) is 4.39 Å². The third-order valence-electron chi connectivity index (χ3n) is 3.17. The van der Waals surface area contributed by atoms with Crippen LogP contribution >= 0.6 is 31.9 Å². The maximum atomic E-state index is 14.0. The first-order valence-corrected chi connectivity index (χ1v) is 8.36. The number of rotatable bonds is 4. The molecule has 0 aliphatic rings. The van der Waals surface area contributed by atoms with E-state index in [2.05, 4.69) is 70.0 Å². The molecule has 1 atom stereocenters. The van der Waals surface area contributed by atoms with Crippen molar-refractivity contribution in [1.82, 2.24) is 0 Å². The van der Waals surface area contributed by atoms with Gasteiger partial charge in [-0.15, -0.1) is 0 Å². The highest BCUT2D eigenvalue weighted by Gasteiger charge is 2.17. The van der Waals surface area contributed by atoms with E-state index in [-0.39, 0.29) is 10.6 Å². The summed E-state index contributed by atoms with van der Waals surface area (Å²) in [6.45, 7) is 4.41. The predicted molar refractivity (Wildman–Crippen MR) is 89.9 cm³/mol. The molecule has 0 spiro atoms. The van der Waals surface area contributed by atoms with Crippen molar-refractivity contribution in [2.45, 2.75) is 25.1 Å². The molecule has 0 bridgehead atoms. The topological polar surface area (TPSA) is 0 Å². The summed E-state index contributed by atoms with van der Waals surface area (Å²) in [6.07, 6.45) is 1.07. The van der Waals surface area contributed by atoms with Crippen LogP contribution in [0.15, 0.2) is 46.9 Å². The molecule has 0 radical (unpaired) electrons. The van der Waals surface area contributed by atoms with Gasteiger partial charge in [0.15, 0.2) is 0 Å². The number of hydrogen-bond acceptors (Lipinski definition) is 0. The molecule has 20 heavy (non-hydrogen) atoms. The average molecular weight is 400 g/mol. The Labute approximate surface area is 136 Å². The lowest BCUT2D eigenvalue weighted by atomic mass is 9.99. The smallest absolute Gasteiger partial charge is 0.129 e. The van der Waals surface area contributed by atoms with Crippen molar-refractivity contribution in [1.29, 1.82) is 0 Å². The monoisotopic (exact) mass is 398 g/mol. The molecule has 2 rings (SSSR count). The zero-order valence-corrected chi connectivity index (χ0v) is 14.7. The molecule has 0 amide bonds. The largest absolute Gasteiger partial charge is 0.207 e. The van der Waals surface area contributed by atoms with Crippen LogP contribution in [0.2, 0.25) is 0 Å². The molecule has 3 heteroatoms. The summed E-state index contributed by atoms with van der Waals surface area (Å²) in [4.78, 5) is -0.147. The van der Waals surface area contributed by atoms with Gasteiger partial charge in [-0.2, -0.15) is 0 Å². The van der Waals surface area contributed by atoms with Gasteiger partial charge in [-0.25, -0.2) is 4.39 Å². The van der Waals surface area contributed by atoms with E-state index in [1.54, 1.807) is 6.07 Å². The minimum Gasteiger partial charge on any atom is -0.207 e. The summed E-state index contributed by atoms with van der Waals surface area (Å²) < 4.78 is 14.8. The van der Waals surface area contributed by atoms with Gasteiger partial charge in [-0.1, -0.05) is 76.0 Å². The first-order chi connectivity index (χ1) is 9.49. The Bertz CT molecular complexity index is 556. The van der Waals surface area contributed by atoms with E-state index in [0.717, 1.165) is 16.5 Å². The Morgan fingerprint density at radius 3 is 2.25 bits per heavy atom. The molecule has 0 N–H and O–H groups in total. The fourth-order valence-corrected chi connectivity index (χ4v) is 3.86. The normalized spacial score (nSPS) is 12.7. The fraction of sp³-hybridized carbons (Fsp3) is 0.294. The van der Waals surface area contributed by atoms with E-state index < -0.39 is 0 Å². The molecular weight excluding hydrogens is 383 g/mol.